The molecule has 1 amide bonds. The molecule has 1 N–H and O–H groups in total. The minimum Gasteiger partial charge on any atom is -0.494 e. The Labute approximate surface area is 168 Å². The number of hydrogen-bond donors (Lipinski definition) is 1. The molecule has 2 aromatic carbocycles. The van der Waals surface area contributed by atoms with Crippen LogP contribution >= 0.6 is 0 Å². The number of ether oxygens (including phenoxy) is 1. The SMILES string of the molecule is CCC(=O)Nc1cc2c(-c3cnccc3-c3ccccc3)ncnc2cc1OC. The second-order valence-electron chi connectivity index (χ2n) is 6.48. The number of carbonyl (C=O) groups is 1. The fourth-order valence-corrected chi connectivity index (χ4v) is 3.26. The fourth-order valence-electron chi connectivity index (χ4n) is 3.26. The average molecular weight is 384 g/mol. The molecule has 29 heavy (non-hydrogen) atoms. The Bertz CT molecular complexity index is 1180. The lowest BCUT2D eigenvalue weighted by molar-refractivity contribution is -0.115. The van der Waals surface area contributed by atoms with Gasteiger partial charge in [-0.05, 0) is 23.3 Å². The van der Waals surface area contributed by atoms with Gasteiger partial charge in [0.1, 0.15) is 12.1 Å². The third-order valence-electron chi connectivity index (χ3n) is 4.71. The molecule has 0 unspecified atom stereocenters. The number of nitrogens with one attached hydrogen (secondary N) is 1. The van der Waals surface area contributed by atoms with E-state index in [1.165, 1.54) is 6.33 Å². The normalized spacial score (nSPS) is 10.7. The van der Waals surface area contributed by atoms with Gasteiger partial charge in [-0.15, -0.1) is 0 Å². The lowest BCUT2D eigenvalue weighted by atomic mass is 9.97. The fraction of sp³-hybridized carbons (Fsp3) is 0.130. The maximum Gasteiger partial charge on any atom is 0.224 e. The summed E-state index contributed by atoms with van der Waals surface area (Å²) in [6, 6.07) is 15.7. The van der Waals surface area contributed by atoms with Crippen molar-refractivity contribution in [3.05, 3.63) is 67.3 Å². The van der Waals surface area contributed by atoms with Crippen LogP contribution in [0.1, 0.15) is 13.3 Å². The van der Waals surface area contributed by atoms with Crippen molar-refractivity contribution in [1.82, 2.24) is 15.0 Å². The number of hydrogen-bond acceptors (Lipinski definition) is 5. The van der Waals surface area contributed by atoms with Gasteiger partial charge in [-0.1, -0.05) is 37.3 Å². The molecule has 0 aliphatic carbocycles. The topological polar surface area (TPSA) is 77.0 Å². The molecule has 0 radical (unpaired) electrons. The van der Waals surface area contributed by atoms with Crippen molar-refractivity contribution < 1.29 is 9.53 Å². The van der Waals surface area contributed by atoms with E-state index in [1.807, 2.05) is 36.4 Å². The number of rotatable bonds is 5. The smallest absolute Gasteiger partial charge is 0.224 e. The van der Waals surface area contributed by atoms with Gasteiger partial charge < -0.3 is 10.1 Å². The van der Waals surface area contributed by atoms with E-state index in [0.29, 0.717) is 17.9 Å². The Morgan fingerprint density at radius 1 is 1.07 bits per heavy atom. The van der Waals surface area contributed by atoms with Gasteiger partial charge in [0, 0.05) is 35.8 Å². The molecule has 4 rings (SSSR count). The zero-order valence-corrected chi connectivity index (χ0v) is 16.2. The number of carbonyl (C=O) groups excluding carboxylic acids is 1. The van der Waals surface area contributed by atoms with Crippen LogP contribution in [0.25, 0.3) is 33.3 Å². The summed E-state index contributed by atoms with van der Waals surface area (Å²) in [7, 11) is 1.57. The highest BCUT2D eigenvalue weighted by Gasteiger charge is 2.16. The maximum atomic E-state index is 12.0. The molecule has 2 aromatic heterocycles. The molecule has 0 saturated carbocycles. The number of pyridine rings is 1. The predicted octanol–water partition coefficient (Wildman–Crippen LogP) is 4.72. The van der Waals surface area contributed by atoms with Gasteiger partial charge >= 0.3 is 0 Å². The summed E-state index contributed by atoms with van der Waals surface area (Å²) in [6.07, 6.45) is 5.48. The third-order valence-corrected chi connectivity index (χ3v) is 4.71. The molecular formula is C23H20N4O2. The first kappa shape index (κ1) is 18.6. The molecule has 0 fully saturated rings. The van der Waals surface area contributed by atoms with Gasteiger partial charge in [0.15, 0.2) is 0 Å². The quantitative estimate of drug-likeness (QED) is 0.539. The van der Waals surface area contributed by atoms with Crippen LogP contribution in [0.15, 0.2) is 67.3 Å². The van der Waals surface area contributed by atoms with E-state index < -0.39 is 0 Å². The Hall–Kier alpha value is -3.80. The van der Waals surface area contributed by atoms with E-state index in [-0.39, 0.29) is 5.91 Å². The molecule has 0 spiro atoms. The number of methoxy groups -OCH3 is 1. The molecule has 2 heterocycles. The Kier molecular flexibility index (Phi) is 5.16. The Morgan fingerprint density at radius 2 is 1.90 bits per heavy atom. The Morgan fingerprint density at radius 3 is 2.66 bits per heavy atom. The molecular weight excluding hydrogens is 364 g/mol. The zero-order valence-electron chi connectivity index (χ0n) is 16.2. The molecule has 0 aliphatic heterocycles. The molecule has 0 saturated heterocycles. The Balaban J connectivity index is 1.94. The van der Waals surface area contributed by atoms with Crippen LogP contribution in [0.4, 0.5) is 5.69 Å². The van der Waals surface area contributed by atoms with Crippen molar-refractivity contribution in [2.45, 2.75) is 13.3 Å². The summed E-state index contributed by atoms with van der Waals surface area (Å²) in [5.41, 5.74) is 5.05. The molecule has 4 aromatic rings. The van der Waals surface area contributed by atoms with Crippen LogP contribution in [0.2, 0.25) is 0 Å². The van der Waals surface area contributed by atoms with E-state index >= 15 is 0 Å². The minimum absolute atomic E-state index is 0.0904. The minimum atomic E-state index is -0.0904. The number of aromatic nitrogens is 3. The van der Waals surface area contributed by atoms with E-state index in [1.54, 1.807) is 26.4 Å². The van der Waals surface area contributed by atoms with Gasteiger partial charge in [0.25, 0.3) is 0 Å². The monoisotopic (exact) mass is 384 g/mol. The number of fused-ring (bicyclic) bond motifs is 1. The van der Waals surface area contributed by atoms with Crippen molar-refractivity contribution in [1.29, 1.82) is 0 Å². The summed E-state index contributed by atoms with van der Waals surface area (Å²) in [5, 5.41) is 3.70. The van der Waals surface area contributed by atoms with Crippen LogP contribution in [-0.4, -0.2) is 28.0 Å². The van der Waals surface area contributed by atoms with Crippen LogP contribution in [0, 0.1) is 0 Å². The second-order valence-corrected chi connectivity index (χ2v) is 6.48. The number of amides is 1. The highest BCUT2D eigenvalue weighted by molar-refractivity contribution is 6.01. The molecule has 6 heteroatoms. The van der Waals surface area contributed by atoms with Crippen LogP contribution < -0.4 is 10.1 Å². The van der Waals surface area contributed by atoms with E-state index in [0.717, 1.165) is 33.3 Å². The lowest BCUT2D eigenvalue weighted by Crippen LogP contribution is -2.10. The first-order chi connectivity index (χ1) is 14.2. The van der Waals surface area contributed by atoms with Gasteiger partial charge in [-0.3, -0.25) is 9.78 Å². The highest BCUT2D eigenvalue weighted by atomic mass is 16.5. The van der Waals surface area contributed by atoms with Crippen molar-refractivity contribution in [3.63, 3.8) is 0 Å². The summed E-state index contributed by atoms with van der Waals surface area (Å²) in [5.74, 6) is 0.464. The standard InChI is InChI=1S/C23H20N4O2/c1-3-22(28)27-20-11-17-19(12-21(20)29-2)25-14-26-23(17)18-13-24-10-9-16(18)15-7-5-4-6-8-15/h4-14H,3H2,1-2H3,(H,27,28). The van der Waals surface area contributed by atoms with Gasteiger partial charge in [0.05, 0.1) is 24.0 Å². The summed E-state index contributed by atoms with van der Waals surface area (Å²) < 4.78 is 5.45. The summed E-state index contributed by atoms with van der Waals surface area (Å²) in [4.78, 5) is 25.2. The van der Waals surface area contributed by atoms with Crippen LogP contribution in [0.5, 0.6) is 5.75 Å². The van der Waals surface area contributed by atoms with Crippen molar-refractivity contribution >= 4 is 22.5 Å². The lowest BCUT2D eigenvalue weighted by Gasteiger charge is -2.14. The summed E-state index contributed by atoms with van der Waals surface area (Å²) >= 11 is 0. The van der Waals surface area contributed by atoms with E-state index in [9.17, 15) is 4.79 Å². The zero-order chi connectivity index (χ0) is 20.2. The highest BCUT2D eigenvalue weighted by Crippen LogP contribution is 2.37. The molecule has 0 atom stereocenters. The largest absolute Gasteiger partial charge is 0.494 e. The molecule has 144 valence electrons. The number of anilines is 1. The first-order valence-corrected chi connectivity index (χ1v) is 9.33. The van der Waals surface area contributed by atoms with Crippen molar-refractivity contribution in [2.24, 2.45) is 0 Å². The number of nitrogens with zero attached hydrogens (tertiary/aromatic N) is 3. The second kappa shape index (κ2) is 8.06. The molecule has 6 nitrogen and oxygen atoms in total. The van der Waals surface area contributed by atoms with E-state index in [2.05, 4.69) is 32.4 Å². The van der Waals surface area contributed by atoms with E-state index in [4.69, 9.17) is 4.74 Å². The van der Waals surface area contributed by atoms with Crippen LogP contribution in [-0.2, 0) is 4.79 Å². The van der Waals surface area contributed by atoms with Crippen LogP contribution in [0.3, 0.4) is 0 Å². The van der Waals surface area contributed by atoms with Crippen molar-refractivity contribution in [2.75, 3.05) is 12.4 Å². The van der Waals surface area contributed by atoms with Gasteiger partial charge in [-0.25, -0.2) is 9.97 Å². The molecule has 0 aliphatic rings. The molecule has 0 bridgehead atoms. The average Bonchev–Trinajstić information content (AvgIpc) is 2.78. The van der Waals surface area contributed by atoms with Crippen molar-refractivity contribution in [3.8, 4) is 28.1 Å². The predicted molar refractivity (Wildman–Crippen MR) is 114 cm³/mol. The third kappa shape index (κ3) is 3.65. The number of benzene rings is 2. The van der Waals surface area contributed by atoms with Gasteiger partial charge in [-0.2, -0.15) is 0 Å². The van der Waals surface area contributed by atoms with Gasteiger partial charge in [0.2, 0.25) is 5.91 Å². The summed E-state index contributed by atoms with van der Waals surface area (Å²) in [6.45, 7) is 1.80. The first-order valence-electron chi connectivity index (χ1n) is 9.33. The maximum absolute atomic E-state index is 12.0.